The number of aliphatic imine (C=N–C) groups is 1. The molecule has 2 N–H and O–H groups in total. The van der Waals surface area contributed by atoms with E-state index in [1.165, 1.54) is 0 Å². The Balaban J connectivity index is 1.55. The van der Waals surface area contributed by atoms with Crippen LogP contribution in [0.15, 0.2) is 34.5 Å². The summed E-state index contributed by atoms with van der Waals surface area (Å²) in [5.74, 6) is 3.20. The molecule has 0 aliphatic heterocycles. The fourth-order valence-corrected chi connectivity index (χ4v) is 3.67. The molecule has 10 heteroatoms. The van der Waals surface area contributed by atoms with E-state index >= 15 is 0 Å². The van der Waals surface area contributed by atoms with E-state index in [9.17, 15) is 0 Å². The van der Waals surface area contributed by atoms with Gasteiger partial charge in [-0.1, -0.05) is 31.7 Å². The van der Waals surface area contributed by atoms with Crippen LogP contribution in [0.3, 0.4) is 0 Å². The smallest absolute Gasteiger partial charge is 0.191 e. The fourth-order valence-electron chi connectivity index (χ4n) is 3.15. The highest BCUT2D eigenvalue weighted by Crippen LogP contribution is 2.16. The molecule has 0 amide bonds. The predicted molar refractivity (Wildman–Crippen MR) is 121 cm³/mol. The molecule has 0 bridgehead atoms. The van der Waals surface area contributed by atoms with E-state index in [1.54, 1.807) is 11.8 Å². The van der Waals surface area contributed by atoms with Gasteiger partial charge in [-0.15, -0.1) is 20.4 Å². The van der Waals surface area contributed by atoms with Crippen LogP contribution in [0.4, 0.5) is 0 Å². The van der Waals surface area contributed by atoms with Crippen molar-refractivity contribution in [1.29, 1.82) is 0 Å². The molecule has 0 aliphatic carbocycles. The first kappa shape index (κ1) is 22.1. The summed E-state index contributed by atoms with van der Waals surface area (Å²) in [4.78, 5) is 4.66. The number of aromatic nitrogens is 6. The average molecular weight is 430 g/mol. The molecule has 0 fully saturated rings. The third-order valence-electron chi connectivity index (χ3n) is 4.50. The molecule has 3 heterocycles. The molecule has 162 valence electrons. The van der Waals surface area contributed by atoms with Crippen LogP contribution in [0, 0.1) is 5.92 Å². The first-order chi connectivity index (χ1) is 14.6. The van der Waals surface area contributed by atoms with Crippen LogP contribution in [0.1, 0.15) is 38.8 Å². The first-order valence-corrected chi connectivity index (χ1v) is 11.6. The van der Waals surface area contributed by atoms with Crippen LogP contribution in [0.2, 0.25) is 0 Å². The van der Waals surface area contributed by atoms with Gasteiger partial charge in [0, 0.05) is 32.3 Å². The highest BCUT2D eigenvalue weighted by Gasteiger charge is 2.12. The molecule has 0 saturated heterocycles. The molecular weight excluding hydrogens is 398 g/mol. The van der Waals surface area contributed by atoms with Gasteiger partial charge in [0.2, 0.25) is 0 Å². The van der Waals surface area contributed by atoms with Crippen molar-refractivity contribution >= 4 is 23.4 Å². The summed E-state index contributed by atoms with van der Waals surface area (Å²) in [6, 6.07) is 5.85. The van der Waals surface area contributed by atoms with Crippen molar-refractivity contribution in [1.82, 2.24) is 40.0 Å². The highest BCUT2D eigenvalue weighted by molar-refractivity contribution is 7.98. The second kappa shape index (κ2) is 11.0. The lowest BCUT2D eigenvalue weighted by Gasteiger charge is -2.13. The van der Waals surface area contributed by atoms with Gasteiger partial charge in [0.25, 0.3) is 0 Å². The third-order valence-corrected chi connectivity index (χ3v) is 5.17. The van der Waals surface area contributed by atoms with Crippen LogP contribution in [0.25, 0.3) is 5.65 Å². The Morgan fingerprint density at radius 1 is 1.13 bits per heavy atom. The molecule has 0 spiro atoms. The number of aryl methyl sites for hydroxylation is 1. The molecule has 9 nitrogen and oxygen atoms in total. The highest BCUT2D eigenvalue weighted by atomic mass is 32.2. The van der Waals surface area contributed by atoms with E-state index in [2.05, 4.69) is 61.4 Å². The Labute approximate surface area is 181 Å². The Morgan fingerprint density at radius 3 is 2.73 bits per heavy atom. The maximum atomic E-state index is 4.66. The summed E-state index contributed by atoms with van der Waals surface area (Å²) in [6.07, 6.45) is 5.82. The Hall–Kier alpha value is -2.62. The van der Waals surface area contributed by atoms with Gasteiger partial charge in [0.05, 0.1) is 0 Å². The average Bonchev–Trinajstić information content (AvgIpc) is 3.32. The monoisotopic (exact) mass is 429 g/mol. The second-order valence-electron chi connectivity index (χ2n) is 7.38. The Bertz CT molecular complexity index is 960. The minimum absolute atomic E-state index is 0.459. The number of hydrogen-bond donors (Lipinski definition) is 2. The lowest BCUT2D eigenvalue weighted by molar-refractivity contribution is 0.477. The molecule has 0 radical (unpaired) electrons. The van der Waals surface area contributed by atoms with Crippen molar-refractivity contribution in [3.63, 3.8) is 0 Å². The zero-order valence-electron chi connectivity index (χ0n) is 18.2. The van der Waals surface area contributed by atoms with Crippen molar-refractivity contribution in [2.45, 2.75) is 51.9 Å². The number of thioether (sulfide) groups is 1. The van der Waals surface area contributed by atoms with Crippen LogP contribution in [-0.4, -0.2) is 54.7 Å². The molecule has 0 aromatic carbocycles. The lowest BCUT2D eigenvalue weighted by Crippen LogP contribution is -2.38. The van der Waals surface area contributed by atoms with Crippen LogP contribution < -0.4 is 10.6 Å². The van der Waals surface area contributed by atoms with Crippen LogP contribution >= 0.6 is 11.8 Å². The van der Waals surface area contributed by atoms with E-state index in [4.69, 9.17) is 0 Å². The topological polar surface area (TPSA) is 97.3 Å². The van der Waals surface area contributed by atoms with Gasteiger partial charge >= 0.3 is 0 Å². The van der Waals surface area contributed by atoms with Crippen molar-refractivity contribution in [3.8, 4) is 0 Å². The number of hydrogen-bond acceptors (Lipinski definition) is 6. The summed E-state index contributed by atoms with van der Waals surface area (Å²) in [6.45, 7) is 9.49. The van der Waals surface area contributed by atoms with Crippen molar-refractivity contribution in [2.24, 2.45) is 10.9 Å². The maximum absolute atomic E-state index is 4.66. The lowest BCUT2D eigenvalue weighted by atomic mass is 10.2. The predicted octanol–water partition coefficient (Wildman–Crippen LogP) is 2.39. The van der Waals surface area contributed by atoms with Crippen molar-refractivity contribution < 1.29 is 0 Å². The molecular formula is C20H31N9S. The summed E-state index contributed by atoms with van der Waals surface area (Å²) in [5, 5.41) is 24.8. The van der Waals surface area contributed by atoms with E-state index < -0.39 is 0 Å². The first-order valence-electron chi connectivity index (χ1n) is 10.4. The molecule has 0 aliphatic rings. The van der Waals surface area contributed by atoms with Gasteiger partial charge < -0.3 is 15.2 Å². The summed E-state index contributed by atoms with van der Waals surface area (Å²) < 4.78 is 4.20. The van der Waals surface area contributed by atoms with Gasteiger partial charge in [-0.05, 0) is 37.7 Å². The molecule has 3 aromatic rings. The van der Waals surface area contributed by atoms with E-state index in [0.717, 1.165) is 60.9 Å². The number of rotatable bonds is 10. The second-order valence-corrected chi connectivity index (χ2v) is 8.15. The largest absolute Gasteiger partial charge is 0.357 e. The molecule has 0 saturated carbocycles. The van der Waals surface area contributed by atoms with Gasteiger partial charge in [0.15, 0.2) is 22.6 Å². The molecule has 3 rings (SSSR count). The number of nitrogens with one attached hydrogen (secondary N) is 2. The van der Waals surface area contributed by atoms with Crippen molar-refractivity contribution in [2.75, 3.05) is 19.3 Å². The van der Waals surface area contributed by atoms with E-state index in [1.807, 2.05) is 35.1 Å². The number of fused-ring (bicyclic) bond motifs is 1. The number of guanidine groups is 1. The summed E-state index contributed by atoms with van der Waals surface area (Å²) in [5.41, 5.74) is 0.829. The van der Waals surface area contributed by atoms with Gasteiger partial charge in [-0.25, -0.2) is 4.99 Å². The fraction of sp³-hybridized carbons (Fsp3) is 0.550. The number of pyridine rings is 1. The van der Waals surface area contributed by atoms with Crippen LogP contribution in [-0.2, 0) is 19.5 Å². The summed E-state index contributed by atoms with van der Waals surface area (Å²) in [7, 11) is 0. The zero-order chi connectivity index (χ0) is 21.3. The van der Waals surface area contributed by atoms with Crippen LogP contribution in [0.5, 0.6) is 0 Å². The molecule has 30 heavy (non-hydrogen) atoms. The van der Waals surface area contributed by atoms with Gasteiger partial charge in [-0.2, -0.15) is 0 Å². The zero-order valence-corrected chi connectivity index (χ0v) is 19.0. The normalized spacial score (nSPS) is 12.1. The van der Waals surface area contributed by atoms with Gasteiger partial charge in [0.1, 0.15) is 12.4 Å². The minimum atomic E-state index is 0.459. The quantitative estimate of drug-likeness (QED) is 0.221. The Morgan fingerprint density at radius 2 is 1.97 bits per heavy atom. The molecule has 0 atom stereocenters. The van der Waals surface area contributed by atoms with E-state index in [0.29, 0.717) is 12.5 Å². The molecule has 3 aromatic heterocycles. The SMILES string of the molecule is CCNC(=NCc1nnc2ccccn12)NCCCc1nnc(SC)n1CC(C)C. The standard InChI is InChI=1S/C20H31N9S/c1-5-21-19(23-13-18-26-24-16-9-6-7-12-28(16)18)22-11-8-10-17-25-27-20(30-4)29(17)14-15(2)3/h6-7,9,12,15H,5,8,10-11,13-14H2,1-4H3,(H2,21,22,23). The third kappa shape index (κ3) is 5.71. The molecule has 0 unspecified atom stereocenters. The maximum Gasteiger partial charge on any atom is 0.191 e. The minimum Gasteiger partial charge on any atom is -0.357 e. The summed E-state index contributed by atoms with van der Waals surface area (Å²) >= 11 is 1.65. The van der Waals surface area contributed by atoms with E-state index in [-0.39, 0.29) is 0 Å². The Kier molecular flexibility index (Phi) is 8.06. The number of nitrogens with zero attached hydrogens (tertiary/aromatic N) is 7. The van der Waals surface area contributed by atoms with Gasteiger partial charge in [-0.3, -0.25) is 4.40 Å². The van der Waals surface area contributed by atoms with Crippen molar-refractivity contribution in [3.05, 3.63) is 36.0 Å².